The molecule has 0 aromatic carbocycles. The minimum absolute atomic E-state index is 0.104. The summed E-state index contributed by atoms with van der Waals surface area (Å²) in [6.07, 6.45) is 0. The van der Waals surface area contributed by atoms with E-state index in [0.29, 0.717) is 13.1 Å². The molecule has 130 valence electrons. The molecule has 0 amide bonds. The highest BCUT2D eigenvalue weighted by Crippen LogP contribution is 2.22. The Morgan fingerprint density at radius 2 is 2.04 bits per heavy atom. The van der Waals surface area contributed by atoms with Gasteiger partial charge in [0.1, 0.15) is 0 Å². The summed E-state index contributed by atoms with van der Waals surface area (Å²) in [5.74, 6) is 0.929. The van der Waals surface area contributed by atoms with Crippen LogP contribution in [0.25, 0.3) is 0 Å². The van der Waals surface area contributed by atoms with E-state index in [4.69, 9.17) is 0 Å². The lowest BCUT2D eigenvalue weighted by molar-refractivity contribution is 0.374. The van der Waals surface area contributed by atoms with Gasteiger partial charge < -0.3 is 15.1 Å². The van der Waals surface area contributed by atoms with Crippen LogP contribution in [0.5, 0.6) is 0 Å². The molecule has 0 aliphatic carbocycles. The highest BCUT2D eigenvalue weighted by Gasteiger charge is 2.20. The van der Waals surface area contributed by atoms with Crippen molar-refractivity contribution in [1.82, 2.24) is 14.9 Å². The SMILES string of the molecule is CCS(=O)(=O)NCCNC(=NC)N1CCN(c2cccs2)CC1. The van der Waals surface area contributed by atoms with Crippen molar-refractivity contribution in [2.24, 2.45) is 4.99 Å². The van der Waals surface area contributed by atoms with Crippen molar-refractivity contribution in [1.29, 1.82) is 0 Å². The van der Waals surface area contributed by atoms with Crippen LogP contribution >= 0.6 is 11.3 Å². The summed E-state index contributed by atoms with van der Waals surface area (Å²) in [5, 5.41) is 6.62. The summed E-state index contributed by atoms with van der Waals surface area (Å²) in [6.45, 7) is 6.24. The number of anilines is 1. The van der Waals surface area contributed by atoms with Crippen molar-refractivity contribution in [2.45, 2.75) is 6.92 Å². The Kier molecular flexibility index (Phi) is 6.67. The van der Waals surface area contributed by atoms with Crippen LogP contribution in [-0.2, 0) is 10.0 Å². The first-order valence-electron chi connectivity index (χ1n) is 7.77. The zero-order chi connectivity index (χ0) is 16.7. The van der Waals surface area contributed by atoms with Crippen LogP contribution in [-0.4, -0.2) is 71.3 Å². The third-order valence-electron chi connectivity index (χ3n) is 3.72. The van der Waals surface area contributed by atoms with Crippen LogP contribution in [0, 0.1) is 0 Å². The molecule has 2 N–H and O–H groups in total. The Morgan fingerprint density at radius 1 is 1.30 bits per heavy atom. The van der Waals surface area contributed by atoms with Gasteiger partial charge in [0.25, 0.3) is 0 Å². The van der Waals surface area contributed by atoms with E-state index in [9.17, 15) is 8.42 Å². The number of nitrogens with zero attached hydrogens (tertiary/aromatic N) is 3. The van der Waals surface area contributed by atoms with Gasteiger partial charge in [-0.1, -0.05) is 0 Å². The fourth-order valence-electron chi connectivity index (χ4n) is 2.40. The number of rotatable bonds is 6. The summed E-state index contributed by atoms with van der Waals surface area (Å²) in [5.41, 5.74) is 0. The lowest BCUT2D eigenvalue weighted by Gasteiger charge is -2.37. The van der Waals surface area contributed by atoms with Gasteiger partial charge in [0, 0.05) is 46.3 Å². The fraction of sp³-hybridized carbons (Fsp3) is 0.643. The van der Waals surface area contributed by atoms with Crippen molar-refractivity contribution in [3.63, 3.8) is 0 Å². The molecule has 0 spiro atoms. The summed E-state index contributed by atoms with van der Waals surface area (Å²) in [7, 11) is -1.38. The van der Waals surface area contributed by atoms with Crippen LogP contribution in [0.4, 0.5) is 5.00 Å². The van der Waals surface area contributed by atoms with Gasteiger partial charge in [-0.2, -0.15) is 0 Å². The van der Waals surface area contributed by atoms with Gasteiger partial charge in [-0.05, 0) is 24.4 Å². The predicted octanol–water partition coefficient (Wildman–Crippen LogP) is 0.385. The smallest absolute Gasteiger partial charge is 0.211 e. The van der Waals surface area contributed by atoms with Gasteiger partial charge in [-0.15, -0.1) is 11.3 Å². The Labute approximate surface area is 142 Å². The molecule has 0 radical (unpaired) electrons. The quantitative estimate of drug-likeness (QED) is 0.436. The average molecular weight is 360 g/mol. The molecule has 23 heavy (non-hydrogen) atoms. The van der Waals surface area contributed by atoms with Crippen molar-refractivity contribution >= 4 is 32.3 Å². The third kappa shape index (κ3) is 5.36. The molecular formula is C14H25N5O2S2. The highest BCUT2D eigenvalue weighted by atomic mass is 32.2. The molecule has 7 nitrogen and oxygen atoms in total. The van der Waals surface area contributed by atoms with Gasteiger partial charge in [0.15, 0.2) is 5.96 Å². The molecule has 1 aromatic rings. The number of piperazine rings is 1. The molecule has 0 bridgehead atoms. The van der Waals surface area contributed by atoms with E-state index in [1.807, 2.05) is 0 Å². The van der Waals surface area contributed by atoms with Gasteiger partial charge in [-0.3, -0.25) is 4.99 Å². The topological polar surface area (TPSA) is 77.0 Å². The largest absolute Gasteiger partial charge is 0.360 e. The van der Waals surface area contributed by atoms with Crippen molar-refractivity contribution < 1.29 is 8.42 Å². The van der Waals surface area contributed by atoms with Gasteiger partial charge in [0.05, 0.1) is 10.8 Å². The molecule has 0 saturated carbocycles. The van der Waals surface area contributed by atoms with E-state index in [0.717, 1.165) is 32.1 Å². The molecule has 0 unspecified atom stereocenters. The van der Waals surface area contributed by atoms with E-state index < -0.39 is 10.0 Å². The highest BCUT2D eigenvalue weighted by molar-refractivity contribution is 7.89. The Hall–Kier alpha value is -1.32. The predicted molar refractivity (Wildman–Crippen MR) is 96.9 cm³/mol. The number of guanidine groups is 1. The van der Waals surface area contributed by atoms with E-state index >= 15 is 0 Å². The zero-order valence-electron chi connectivity index (χ0n) is 13.7. The summed E-state index contributed by atoms with van der Waals surface area (Å²) >= 11 is 1.76. The second-order valence-corrected chi connectivity index (χ2v) is 8.22. The van der Waals surface area contributed by atoms with Crippen LogP contribution in [0.1, 0.15) is 6.92 Å². The van der Waals surface area contributed by atoms with E-state index in [-0.39, 0.29) is 5.75 Å². The standard InChI is InChI=1S/C14H25N5O2S2/c1-3-23(20,21)17-7-6-16-14(15-2)19-10-8-18(9-11-19)13-5-4-12-22-13/h4-5,12,17H,3,6-11H2,1-2H3,(H,15,16). The normalized spacial score (nSPS) is 16.7. The lowest BCUT2D eigenvalue weighted by atomic mass is 10.3. The van der Waals surface area contributed by atoms with Crippen LogP contribution < -0.4 is 14.9 Å². The van der Waals surface area contributed by atoms with Crippen LogP contribution in [0.3, 0.4) is 0 Å². The van der Waals surface area contributed by atoms with Crippen molar-refractivity contribution in [3.05, 3.63) is 17.5 Å². The van der Waals surface area contributed by atoms with Crippen LogP contribution in [0.2, 0.25) is 0 Å². The molecule has 1 saturated heterocycles. The van der Waals surface area contributed by atoms with E-state index in [2.05, 4.69) is 42.3 Å². The first kappa shape index (κ1) is 18.0. The zero-order valence-corrected chi connectivity index (χ0v) is 15.3. The Balaban J connectivity index is 1.75. The number of nitrogens with one attached hydrogen (secondary N) is 2. The number of aliphatic imine (C=N–C) groups is 1. The monoisotopic (exact) mass is 359 g/mol. The minimum atomic E-state index is -3.13. The fourth-order valence-corrected chi connectivity index (χ4v) is 3.81. The summed E-state index contributed by atoms with van der Waals surface area (Å²) in [6, 6.07) is 4.22. The van der Waals surface area contributed by atoms with Gasteiger partial charge in [-0.25, -0.2) is 13.1 Å². The third-order valence-corrected chi connectivity index (χ3v) is 6.05. The summed E-state index contributed by atoms with van der Waals surface area (Å²) in [4.78, 5) is 8.88. The Morgan fingerprint density at radius 3 is 2.61 bits per heavy atom. The van der Waals surface area contributed by atoms with Crippen molar-refractivity contribution in [3.8, 4) is 0 Å². The first-order valence-corrected chi connectivity index (χ1v) is 10.3. The molecular weight excluding hydrogens is 334 g/mol. The number of sulfonamides is 1. The molecule has 0 atom stereocenters. The molecule has 2 rings (SSSR count). The molecule has 2 heterocycles. The minimum Gasteiger partial charge on any atom is -0.360 e. The van der Waals surface area contributed by atoms with Gasteiger partial charge in [0.2, 0.25) is 10.0 Å². The number of hydrogen-bond donors (Lipinski definition) is 2. The second-order valence-electron chi connectivity index (χ2n) is 5.20. The maximum Gasteiger partial charge on any atom is 0.211 e. The van der Waals surface area contributed by atoms with Crippen LogP contribution in [0.15, 0.2) is 22.5 Å². The van der Waals surface area contributed by atoms with Gasteiger partial charge >= 0.3 is 0 Å². The first-order chi connectivity index (χ1) is 11.1. The summed E-state index contributed by atoms with van der Waals surface area (Å²) < 4.78 is 25.3. The Bertz CT molecular complexity index is 593. The number of hydrogen-bond acceptors (Lipinski definition) is 5. The lowest BCUT2D eigenvalue weighted by Crippen LogP contribution is -2.53. The van der Waals surface area contributed by atoms with E-state index in [1.54, 1.807) is 25.3 Å². The molecule has 1 aromatic heterocycles. The number of thiophene rings is 1. The maximum absolute atomic E-state index is 11.4. The second kappa shape index (κ2) is 8.51. The molecule has 9 heteroatoms. The molecule has 1 aliphatic rings. The van der Waals surface area contributed by atoms with Crippen molar-refractivity contribution in [2.75, 3.05) is 57.0 Å². The maximum atomic E-state index is 11.4. The van der Waals surface area contributed by atoms with E-state index in [1.165, 1.54) is 5.00 Å². The molecule has 1 fully saturated rings. The average Bonchev–Trinajstić information content (AvgIpc) is 3.10. The molecule has 1 aliphatic heterocycles.